The molecule has 0 bridgehead atoms. The van der Waals surface area contributed by atoms with E-state index in [9.17, 15) is 23.2 Å². The van der Waals surface area contributed by atoms with Crippen LogP contribution in [0.25, 0.3) is 15.9 Å². The molecule has 39 heavy (non-hydrogen) atoms. The molecule has 2 aromatic heterocycles. The lowest BCUT2D eigenvalue weighted by Crippen LogP contribution is -2.24. The Morgan fingerprint density at radius 3 is 2.62 bits per heavy atom. The minimum absolute atomic E-state index is 0.120. The van der Waals surface area contributed by atoms with Gasteiger partial charge < -0.3 is 10.2 Å². The molecular weight excluding hydrogens is 542 g/mol. The molecule has 0 unspecified atom stereocenters. The number of aryl methyl sites for hydroxylation is 3. The molecule has 7 nitrogen and oxygen atoms in total. The lowest BCUT2D eigenvalue weighted by molar-refractivity contribution is -0.116. The molecule has 2 amide bonds. The number of rotatable bonds is 6. The topological polar surface area (TPSA) is 84.3 Å². The Kier molecular flexibility index (Phi) is 9.13. The summed E-state index contributed by atoms with van der Waals surface area (Å²) in [7, 11) is 3.38. The van der Waals surface area contributed by atoms with Gasteiger partial charge in [-0.3, -0.25) is 19.0 Å². The summed E-state index contributed by atoms with van der Waals surface area (Å²) in [6, 6.07) is 10.4. The first kappa shape index (κ1) is 28.4. The summed E-state index contributed by atoms with van der Waals surface area (Å²) in [6.07, 6.45) is 4.72. The molecule has 1 aliphatic rings. The maximum absolute atomic E-state index is 13.9. The number of para-hydroxylation sites is 1. The number of thioether (sulfide) groups is 1. The fraction of sp³-hybridized carbons (Fsp3) is 0.286. The van der Waals surface area contributed by atoms with Crippen LogP contribution in [-0.4, -0.2) is 46.6 Å². The summed E-state index contributed by atoms with van der Waals surface area (Å²) in [6.45, 7) is 1.92. The van der Waals surface area contributed by atoms with Crippen molar-refractivity contribution in [1.82, 2.24) is 14.5 Å². The molecule has 0 saturated carbocycles. The summed E-state index contributed by atoms with van der Waals surface area (Å²) in [4.78, 5) is 43.9. The van der Waals surface area contributed by atoms with Gasteiger partial charge in [0.2, 0.25) is 12.3 Å². The van der Waals surface area contributed by atoms with Crippen LogP contribution in [0.2, 0.25) is 0 Å². The van der Waals surface area contributed by atoms with Gasteiger partial charge in [-0.2, -0.15) is 0 Å². The van der Waals surface area contributed by atoms with Crippen molar-refractivity contribution in [2.45, 2.75) is 37.8 Å². The highest BCUT2D eigenvalue weighted by Crippen LogP contribution is 2.35. The van der Waals surface area contributed by atoms with Gasteiger partial charge in [0.1, 0.15) is 16.5 Å². The van der Waals surface area contributed by atoms with Crippen LogP contribution >= 0.6 is 23.1 Å². The number of thiophene rings is 1. The van der Waals surface area contributed by atoms with Crippen LogP contribution in [0.4, 0.5) is 14.5 Å². The molecule has 0 fully saturated rings. The fourth-order valence-corrected chi connectivity index (χ4v) is 6.33. The highest BCUT2D eigenvalue weighted by atomic mass is 32.2. The van der Waals surface area contributed by atoms with Crippen molar-refractivity contribution in [3.05, 3.63) is 80.5 Å². The number of hydrogen-bond donors (Lipinski definition) is 1. The van der Waals surface area contributed by atoms with Gasteiger partial charge in [0.15, 0.2) is 5.16 Å². The van der Waals surface area contributed by atoms with Gasteiger partial charge in [-0.25, -0.2) is 13.8 Å². The van der Waals surface area contributed by atoms with Crippen molar-refractivity contribution in [2.75, 3.05) is 25.2 Å². The third-order valence-corrected chi connectivity index (χ3v) is 8.18. The van der Waals surface area contributed by atoms with E-state index in [0.717, 1.165) is 73.2 Å². The van der Waals surface area contributed by atoms with Crippen molar-refractivity contribution in [3.8, 4) is 5.69 Å². The third kappa shape index (κ3) is 6.54. The van der Waals surface area contributed by atoms with Crippen LogP contribution in [0.15, 0.2) is 52.4 Å². The van der Waals surface area contributed by atoms with Gasteiger partial charge in [-0.05, 0) is 61.9 Å². The minimum Gasteiger partial charge on any atom is -0.351 e. The highest BCUT2D eigenvalue weighted by Gasteiger charge is 2.24. The molecule has 204 valence electrons. The van der Waals surface area contributed by atoms with E-state index in [-0.39, 0.29) is 17.0 Å². The first-order valence-electron chi connectivity index (χ1n) is 12.3. The molecule has 0 atom stereocenters. The number of anilines is 1. The van der Waals surface area contributed by atoms with Crippen LogP contribution in [0.1, 0.15) is 28.8 Å². The number of hydrogen-bond acceptors (Lipinski definition) is 6. The maximum Gasteiger partial charge on any atom is 0.267 e. The molecule has 0 spiro atoms. The van der Waals surface area contributed by atoms with E-state index >= 15 is 0 Å². The number of aromatic nitrogens is 2. The molecule has 2 heterocycles. The molecule has 11 heteroatoms. The van der Waals surface area contributed by atoms with Gasteiger partial charge in [0, 0.05) is 25.0 Å². The molecule has 2 aromatic carbocycles. The van der Waals surface area contributed by atoms with Gasteiger partial charge in [-0.15, -0.1) is 11.3 Å². The summed E-state index contributed by atoms with van der Waals surface area (Å²) in [5, 5.41) is 3.45. The monoisotopic (exact) mass is 570 g/mol. The Balaban J connectivity index is 0.000000648. The van der Waals surface area contributed by atoms with Crippen LogP contribution < -0.4 is 10.9 Å². The normalized spacial score (nSPS) is 12.3. The fourth-order valence-electron chi connectivity index (χ4n) is 4.22. The molecule has 1 N–H and O–H groups in total. The largest absolute Gasteiger partial charge is 0.351 e. The lowest BCUT2D eigenvalue weighted by Gasteiger charge is -2.15. The molecule has 4 aromatic rings. The Bertz CT molecular complexity index is 1580. The Morgan fingerprint density at radius 2 is 1.90 bits per heavy atom. The van der Waals surface area contributed by atoms with Crippen molar-refractivity contribution < 1.29 is 18.4 Å². The predicted octanol–water partition coefficient (Wildman–Crippen LogP) is 5.35. The zero-order chi connectivity index (χ0) is 28.1. The van der Waals surface area contributed by atoms with E-state index in [1.165, 1.54) is 9.78 Å². The summed E-state index contributed by atoms with van der Waals surface area (Å²) in [5.74, 6) is -2.01. The first-order valence-corrected chi connectivity index (χ1v) is 14.1. The van der Waals surface area contributed by atoms with Crippen molar-refractivity contribution in [1.29, 1.82) is 0 Å². The number of benzene rings is 2. The number of carbonyl (C=O) groups excluding carboxylic acids is 2. The molecule has 0 radical (unpaired) electrons. The second kappa shape index (κ2) is 12.5. The van der Waals surface area contributed by atoms with Gasteiger partial charge in [0.25, 0.3) is 5.56 Å². The zero-order valence-corrected chi connectivity index (χ0v) is 23.4. The standard InChI is InChI=1S/C25H21F2N3O2S2.C3H7NO/c1-14-6-2-4-8-19(14)30-24(32)22-16-7-3-5-9-20(16)34-23(22)29-25(30)33-13-21(31)28-18-12-15(26)10-11-17(18)27;1-4(2)3-5/h2,4,6,8,10-12H,3,5,7,9,13H2,1H3,(H,28,31);3H,1-2H3. The van der Waals surface area contributed by atoms with E-state index in [4.69, 9.17) is 4.98 Å². The van der Waals surface area contributed by atoms with E-state index < -0.39 is 17.5 Å². The number of nitrogens with zero attached hydrogens (tertiary/aromatic N) is 3. The first-order chi connectivity index (χ1) is 18.7. The van der Waals surface area contributed by atoms with Crippen LogP contribution in [0.5, 0.6) is 0 Å². The van der Waals surface area contributed by atoms with Crippen molar-refractivity contribution in [2.24, 2.45) is 0 Å². The number of nitrogens with one attached hydrogen (secondary N) is 1. The highest BCUT2D eigenvalue weighted by molar-refractivity contribution is 7.99. The third-order valence-electron chi connectivity index (χ3n) is 6.06. The maximum atomic E-state index is 13.9. The second-order valence-corrected chi connectivity index (χ2v) is 11.3. The Labute approximate surface area is 232 Å². The molecule has 5 rings (SSSR count). The van der Waals surface area contributed by atoms with E-state index in [1.54, 1.807) is 30.0 Å². The summed E-state index contributed by atoms with van der Waals surface area (Å²) >= 11 is 2.64. The molecular formula is C28H28F2N4O3S2. The van der Waals surface area contributed by atoms with Gasteiger partial charge in [-0.1, -0.05) is 30.0 Å². The van der Waals surface area contributed by atoms with Crippen LogP contribution in [0, 0.1) is 18.6 Å². The lowest BCUT2D eigenvalue weighted by atomic mass is 9.97. The second-order valence-electron chi connectivity index (χ2n) is 9.24. The summed E-state index contributed by atoms with van der Waals surface area (Å²) < 4.78 is 28.9. The van der Waals surface area contributed by atoms with Crippen LogP contribution in [0.3, 0.4) is 0 Å². The number of amides is 2. The SMILES string of the molecule is CN(C)C=O.Cc1ccccc1-n1c(SCC(=O)Nc2cc(F)ccc2F)nc2sc3c(c2c1=O)CCCC3. The average molecular weight is 571 g/mol. The van der Waals surface area contributed by atoms with E-state index in [0.29, 0.717) is 21.1 Å². The number of halogens is 2. The zero-order valence-electron chi connectivity index (χ0n) is 21.8. The predicted molar refractivity (Wildman–Crippen MR) is 152 cm³/mol. The molecule has 1 aliphatic carbocycles. The average Bonchev–Trinajstić information content (AvgIpc) is 3.29. The Morgan fingerprint density at radius 1 is 1.18 bits per heavy atom. The van der Waals surface area contributed by atoms with Gasteiger partial charge in [0.05, 0.1) is 22.5 Å². The van der Waals surface area contributed by atoms with E-state index in [1.807, 2.05) is 31.2 Å². The molecule has 0 saturated heterocycles. The van der Waals surface area contributed by atoms with E-state index in [2.05, 4.69) is 5.32 Å². The number of carbonyl (C=O) groups is 2. The minimum atomic E-state index is -0.722. The van der Waals surface area contributed by atoms with Gasteiger partial charge >= 0.3 is 0 Å². The Hall–Kier alpha value is -3.57. The molecule has 0 aliphatic heterocycles. The van der Waals surface area contributed by atoms with Crippen molar-refractivity contribution in [3.63, 3.8) is 0 Å². The quantitative estimate of drug-likeness (QED) is 0.192. The van der Waals surface area contributed by atoms with Crippen molar-refractivity contribution >= 4 is 51.3 Å². The summed E-state index contributed by atoms with van der Waals surface area (Å²) in [5.41, 5.74) is 2.34. The van der Waals surface area contributed by atoms with Crippen LogP contribution in [-0.2, 0) is 22.4 Å². The number of fused-ring (bicyclic) bond motifs is 3. The smallest absolute Gasteiger partial charge is 0.267 e.